The Morgan fingerprint density at radius 2 is 1.84 bits per heavy atom. The molecule has 0 bridgehead atoms. The Kier molecular flexibility index (Phi) is 6.57. The predicted octanol–water partition coefficient (Wildman–Crippen LogP) is 5.97. The zero-order valence-corrected chi connectivity index (χ0v) is 21.0. The molecule has 1 aliphatic heterocycles. The summed E-state index contributed by atoms with van der Waals surface area (Å²) in [5, 5.41) is 17.5. The molecule has 0 amide bonds. The lowest BCUT2D eigenvalue weighted by molar-refractivity contribution is 0.242. The SMILES string of the molecule is Cc1ccccc1COc1cccc([C@H]2C(C#N)=C(N)Oc3n[nH]c(-c4ccc(OC(C)C)cc4)c32)c1. The molecule has 0 fully saturated rings. The van der Waals surface area contributed by atoms with E-state index in [1.807, 2.05) is 74.5 Å². The summed E-state index contributed by atoms with van der Waals surface area (Å²) in [6, 6.07) is 25.8. The lowest BCUT2D eigenvalue weighted by Crippen LogP contribution is -2.21. The summed E-state index contributed by atoms with van der Waals surface area (Å²) in [4.78, 5) is 0. The molecular formula is C30H28N4O3. The fraction of sp³-hybridized carbons (Fsp3) is 0.200. The van der Waals surface area contributed by atoms with Crippen molar-refractivity contribution in [1.82, 2.24) is 10.2 Å². The molecule has 3 N–H and O–H groups in total. The molecule has 4 aromatic rings. The molecule has 0 radical (unpaired) electrons. The molecule has 0 spiro atoms. The van der Waals surface area contributed by atoms with Crippen LogP contribution in [0.5, 0.6) is 17.4 Å². The highest BCUT2D eigenvalue weighted by Gasteiger charge is 2.35. The van der Waals surface area contributed by atoms with Crippen LogP contribution in [-0.2, 0) is 6.61 Å². The van der Waals surface area contributed by atoms with Crippen molar-refractivity contribution >= 4 is 0 Å². The molecule has 3 aromatic carbocycles. The molecule has 1 aromatic heterocycles. The Morgan fingerprint density at radius 1 is 1.05 bits per heavy atom. The van der Waals surface area contributed by atoms with Crippen LogP contribution in [0.3, 0.4) is 0 Å². The van der Waals surface area contributed by atoms with Crippen molar-refractivity contribution in [2.45, 2.75) is 39.4 Å². The number of aryl methyl sites for hydroxylation is 1. The first-order valence-electron chi connectivity index (χ1n) is 12.1. The molecule has 7 nitrogen and oxygen atoms in total. The molecule has 0 aliphatic carbocycles. The van der Waals surface area contributed by atoms with E-state index in [2.05, 4.69) is 35.3 Å². The second-order valence-corrected chi connectivity index (χ2v) is 9.22. The quantitative estimate of drug-likeness (QED) is 0.329. The predicted molar refractivity (Wildman–Crippen MR) is 141 cm³/mol. The lowest BCUT2D eigenvalue weighted by Gasteiger charge is -2.24. The maximum Gasteiger partial charge on any atom is 0.244 e. The monoisotopic (exact) mass is 492 g/mol. The van der Waals surface area contributed by atoms with Crippen LogP contribution in [0.1, 0.15) is 42.0 Å². The van der Waals surface area contributed by atoms with Gasteiger partial charge in [-0.25, -0.2) is 0 Å². The Bertz CT molecular complexity index is 1500. The number of nitrogens with one attached hydrogen (secondary N) is 1. The minimum atomic E-state index is -0.476. The number of nitrogens with zero attached hydrogens (tertiary/aromatic N) is 2. The molecular weight excluding hydrogens is 464 g/mol. The van der Waals surface area contributed by atoms with Crippen molar-refractivity contribution in [3.63, 3.8) is 0 Å². The van der Waals surface area contributed by atoms with E-state index in [1.54, 1.807) is 0 Å². The average Bonchev–Trinajstić information content (AvgIpc) is 3.31. The van der Waals surface area contributed by atoms with E-state index in [4.69, 9.17) is 19.9 Å². The van der Waals surface area contributed by atoms with Gasteiger partial charge in [-0.1, -0.05) is 36.4 Å². The highest BCUT2D eigenvalue weighted by atomic mass is 16.5. The van der Waals surface area contributed by atoms with Crippen molar-refractivity contribution < 1.29 is 14.2 Å². The van der Waals surface area contributed by atoms with Gasteiger partial charge in [0.15, 0.2) is 0 Å². The maximum atomic E-state index is 10.0. The van der Waals surface area contributed by atoms with Gasteiger partial charge in [-0.15, -0.1) is 5.10 Å². The topological polar surface area (TPSA) is 106 Å². The first-order chi connectivity index (χ1) is 17.9. The number of hydrogen-bond donors (Lipinski definition) is 2. The van der Waals surface area contributed by atoms with Crippen molar-refractivity contribution in [3.8, 4) is 34.7 Å². The average molecular weight is 493 g/mol. The number of hydrogen-bond acceptors (Lipinski definition) is 6. The van der Waals surface area contributed by atoms with Gasteiger partial charge in [0.25, 0.3) is 0 Å². The summed E-state index contributed by atoms with van der Waals surface area (Å²) in [7, 11) is 0. The molecule has 1 atom stereocenters. The number of aromatic amines is 1. The van der Waals surface area contributed by atoms with E-state index in [0.717, 1.165) is 33.7 Å². The molecule has 7 heteroatoms. The number of nitrogens with two attached hydrogens (primary N) is 1. The van der Waals surface area contributed by atoms with Crippen LogP contribution in [0.4, 0.5) is 0 Å². The van der Waals surface area contributed by atoms with Crippen LogP contribution in [0.25, 0.3) is 11.3 Å². The highest BCUT2D eigenvalue weighted by molar-refractivity contribution is 5.71. The van der Waals surface area contributed by atoms with E-state index >= 15 is 0 Å². The van der Waals surface area contributed by atoms with Crippen LogP contribution in [0.15, 0.2) is 84.3 Å². The van der Waals surface area contributed by atoms with E-state index in [-0.39, 0.29) is 12.0 Å². The van der Waals surface area contributed by atoms with Gasteiger partial charge in [-0.05, 0) is 73.9 Å². The second-order valence-electron chi connectivity index (χ2n) is 9.22. The Hall–Kier alpha value is -4.70. The van der Waals surface area contributed by atoms with Crippen LogP contribution < -0.4 is 19.9 Å². The summed E-state index contributed by atoms with van der Waals surface area (Å²) in [5.74, 6) is 1.40. The number of fused-ring (bicyclic) bond motifs is 1. The van der Waals surface area contributed by atoms with Crippen LogP contribution >= 0.6 is 0 Å². The number of nitriles is 1. The van der Waals surface area contributed by atoms with E-state index in [0.29, 0.717) is 23.8 Å². The molecule has 37 heavy (non-hydrogen) atoms. The molecule has 0 saturated heterocycles. The molecule has 0 unspecified atom stereocenters. The first kappa shape index (κ1) is 24.0. The Labute approximate surface area is 216 Å². The zero-order valence-electron chi connectivity index (χ0n) is 21.0. The summed E-state index contributed by atoms with van der Waals surface area (Å²) < 4.78 is 17.7. The normalized spacial score (nSPS) is 14.6. The van der Waals surface area contributed by atoms with Gasteiger partial charge in [0.2, 0.25) is 11.8 Å². The molecule has 5 rings (SSSR count). The van der Waals surface area contributed by atoms with Crippen molar-refractivity contribution in [3.05, 3.63) is 107 Å². The highest BCUT2D eigenvalue weighted by Crippen LogP contribution is 2.46. The summed E-state index contributed by atoms with van der Waals surface area (Å²) >= 11 is 0. The number of benzene rings is 3. The third-order valence-corrected chi connectivity index (χ3v) is 6.30. The fourth-order valence-electron chi connectivity index (χ4n) is 4.49. The molecule has 2 heterocycles. The van der Waals surface area contributed by atoms with Gasteiger partial charge in [-0.2, -0.15) is 5.26 Å². The summed E-state index contributed by atoms with van der Waals surface area (Å²) in [6.07, 6.45) is 0.0788. The van der Waals surface area contributed by atoms with Crippen molar-refractivity contribution in [2.75, 3.05) is 0 Å². The molecule has 0 saturated carbocycles. The van der Waals surface area contributed by atoms with E-state index in [9.17, 15) is 5.26 Å². The third-order valence-electron chi connectivity index (χ3n) is 6.30. The standard InChI is InChI=1S/C30H28N4O3/c1-18(2)36-23-13-11-20(12-14-23)28-27-26(25(16-31)29(32)37-30(27)34-33-28)21-9-6-10-24(15-21)35-17-22-8-5-4-7-19(22)3/h4-15,18,26H,17,32H2,1-3H3,(H,33,34)/t26-/m0/s1. The van der Waals surface area contributed by atoms with Crippen LogP contribution in [-0.4, -0.2) is 16.3 Å². The van der Waals surface area contributed by atoms with E-state index < -0.39 is 5.92 Å². The fourth-order valence-corrected chi connectivity index (χ4v) is 4.49. The van der Waals surface area contributed by atoms with E-state index in [1.165, 1.54) is 5.56 Å². The van der Waals surface area contributed by atoms with Gasteiger partial charge in [-0.3, -0.25) is 5.10 Å². The smallest absolute Gasteiger partial charge is 0.244 e. The number of aromatic nitrogens is 2. The number of allylic oxidation sites excluding steroid dienone is 1. The van der Waals surface area contributed by atoms with Gasteiger partial charge >= 0.3 is 0 Å². The van der Waals surface area contributed by atoms with Crippen LogP contribution in [0.2, 0.25) is 0 Å². The first-order valence-corrected chi connectivity index (χ1v) is 12.1. The largest absolute Gasteiger partial charge is 0.491 e. The van der Waals surface area contributed by atoms with Gasteiger partial charge in [0.05, 0.1) is 23.3 Å². The Balaban J connectivity index is 1.51. The second kappa shape index (κ2) is 10.1. The third kappa shape index (κ3) is 4.87. The number of rotatable bonds is 7. The zero-order chi connectivity index (χ0) is 25.9. The molecule has 1 aliphatic rings. The summed E-state index contributed by atoms with van der Waals surface area (Å²) in [5.41, 5.74) is 12.0. The van der Waals surface area contributed by atoms with Gasteiger partial charge < -0.3 is 19.9 Å². The lowest BCUT2D eigenvalue weighted by atomic mass is 9.83. The minimum absolute atomic E-state index is 0.0463. The minimum Gasteiger partial charge on any atom is -0.491 e. The maximum absolute atomic E-state index is 10.0. The van der Waals surface area contributed by atoms with Crippen molar-refractivity contribution in [2.24, 2.45) is 5.73 Å². The summed E-state index contributed by atoms with van der Waals surface area (Å²) in [6.45, 7) is 6.48. The Morgan fingerprint density at radius 3 is 2.57 bits per heavy atom. The van der Waals surface area contributed by atoms with Crippen LogP contribution in [0, 0.1) is 18.3 Å². The van der Waals surface area contributed by atoms with Gasteiger partial charge in [0.1, 0.15) is 29.7 Å². The van der Waals surface area contributed by atoms with Gasteiger partial charge in [0, 0.05) is 5.56 Å². The number of ether oxygens (including phenoxy) is 3. The molecule has 186 valence electrons. The number of H-pyrrole nitrogens is 1. The van der Waals surface area contributed by atoms with Crippen molar-refractivity contribution in [1.29, 1.82) is 5.26 Å².